The first-order valence-electron chi connectivity index (χ1n) is 7.97. The average molecular weight is 293 g/mol. The van der Waals surface area contributed by atoms with Crippen molar-refractivity contribution in [1.82, 2.24) is 15.1 Å². The van der Waals surface area contributed by atoms with E-state index in [4.69, 9.17) is 0 Å². The van der Waals surface area contributed by atoms with E-state index in [0.717, 1.165) is 12.8 Å². The summed E-state index contributed by atoms with van der Waals surface area (Å²) >= 11 is 0. The van der Waals surface area contributed by atoms with Gasteiger partial charge in [-0.2, -0.15) is 0 Å². The Hall–Kier alpha value is -1.59. The van der Waals surface area contributed by atoms with Crippen LogP contribution in [0.4, 0.5) is 4.79 Å². The van der Waals surface area contributed by atoms with Crippen LogP contribution in [0.25, 0.3) is 0 Å². The number of nitrogens with one attached hydrogen (secondary N) is 1. The van der Waals surface area contributed by atoms with Gasteiger partial charge in [-0.25, -0.2) is 4.79 Å². The topological polar surface area (TPSA) is 69.7 Å². The molecule has 0 radical (unpaired) electrons. The molecule has 0 bridgehead atoms. The van der Waals surface area contributed by atoms with Crippen molar-refractivity contribution in [2.75, 3.05) is 13.1 Å². The minimum absolute atomic E-state index is 0.0830. The predicted octanol–water partition coefficient (Wildman–Crippen LogP) is 1.11. The van der Waals surface area contributed by atoms with Gasteiger partial charge in [-0.1, -0.05) is 0 Å². The van der Waals surface area contributed by atoms with E-state index < -0.39 is 0 Å². The molecule has 2 aliphatic carbocycles. The summed E-state index contributed by atoms with van der Waals surface area (Å²) in [7, 11) is 0. The van der Waals surface area contributed by atoms with Crippen LogP contribution in [0.15, 0.2) is 0 Å². The maximum atomic E-state index is 12.5. The summed E-state index contributed by atoms with van der Waals surface area (Å²) in [5, 5.41) is 2.49. The summed E-state index contributed by atoms with van der Waals surface area (Å²) in [6.45, 7) is 2.58. The fourth-order valence-electron chi connectivity index (χ4n) is 3.12. The lowest BCUT2D eigenvalue weighted by atomic mass is 10.1. The molecule has 3 fully saturated rings. The molecule has 1 N–H and O–H groups in total. The largest absolute Gasteiger partial charge is 0.337 e. The van der Waals surface area contributed by atoms with E-state index in [2.05, 4.69) is 17.1 Å². The van der Waals surface area contributed by atoms with Crippen LogP contribution in [0.2, 0.25) is 0 Å². The molecule has 6 heteroatoms. The second-order valence-electron chi connectivity index (χ2n) is 6.42. The van der Waals surface area contributed by atoms with Crippen LogP contribution in [0, 0.1) is 5.92 Å². The maximum absolute atomic E-state index is 12.5. The highest BCUT2D eigenvalue weighted by molar-refractivity contribution is 6.01. The van der Waals surface area contributed by atoms with E-state index >= 15 is 0 Å². The number of hydrogen-bond acceptors (Lipinski definition) is 3. The van der Waals surface area contributed by atoms with Gasteiger partial charge in [-0.15, -0.1) is 0 Å². The lowest BCUT2D eigenvalue weighted by Crippen LogP contribution is -2.42. The van der Waals surface area contributed by atoms with Crippen LogP contribution in [-0.4, -0.2) is 52.8 Å². The molecule has 0 aromatic rings. The first-order valence-corrected chi connectivity index (χ1v) is 7.97. The smallest absolute Gasteiger partial charge is 0.324 e. The minimum atomic E-state index is -0.335. The van der Waals surface area contributed by atoms with Crippen molar-refractivity contribution in [3.63, 3.8) is 0 Å². The molecular formula is C15H23N3O3. The van der Waals surface area contributed by atoms with Crippen LogP contribution in [0.1, 0.15) is 45.4 Å². The molecule has 0 spiro atoms. The average Bonchev–Trinajstić information content (AvgIpc) is 3.34. The zero-order valence-corrected chi connectivity index (χ0v) is 12.5. The second kappa shape index (κ2) is 5.66. The van der Waals surface area contributed by atoms with Crippen molar-refractivity contribution < 1.29 is 14.4 Å². The van der Waals surface area contributed by atoms with E-state index in [1.54, 1.807) is 0 Å². The van der Waals surface area contributed by atoms with Gasteiger partial charge in [0.05, 0.1) is 6.54 Å². The van der Waals surface area contributed by atoms with Crippen molar-refractivity contribution in [1.29, 1.82) is 0 Å². The van der Waals surface area contributed by atoms with Gasteiger partial charge in [0, 0.05) is 25.0 Å². The maximum Gasteiger partial charge on any atom is 0.324 e. The minimum Gasteiger partial charge on any atom is -0.337 e. The van der Waals surface area contributed by atoms with Crippen LogP contribution in [0.5, 0.6) is 0 Å². The number of amides is 4. The quantitative estimate of drug-likeness (QED) is 0.715. The van der Waals surface area contributed by atoms with Crippen LogP contribution in [0.3, 0.4) is 0 Å². The molecule has 4 amide bonds. The molecule has 1 unspecified atom stereocenters. The molecule has 3 rings (SSSR count). The van der Waals surface area contributed by atoms with E-state index in [0.29, 0.717) is 37.4 Å². The Kier molecular flexibility index (Phi) is 3.87. The van der Waals surface area contributed by atoms with Gasteiger partial charge in [0.1, 0.15) is 0 Å². The Bertz CT molecular complexity index is 441. The fourth-order valence-corrected chi connectivity index (χ4v) is 3.12. The highest BCUT2D eigenvalue weighted by Gasteiger charge is 2.41. The summed E-state index contributed by atoms with van der Waals surface area (Å²) < 4.78 is 0. The molecule has 6 nitrogen and oxygen atoms in total. The van der Waals surface area contributed by atoms with Gasteiger partial charge in [0.2, 0.25) is 11.8 Å². The van der Waals surface area contributed by atoms with Crippen molar-refractivity contribution in [3.05, 3.63) is 0 Å². The number of carbonyl (C=O) groups excluding carboxylic acids is 3. The lowest BCUT2D eigenvalue weighted by molar-refractivity contribution is -0.135. The SMILES string of the molecule is CC(C1CC1)N(C(=O)CCCN1C(=O)CNC1=O)C1CC1. The summed E-state index contributed by atoms with van der Waals surface area (Å²) in [4.78, 5) is 38.6. The van der Waals surface area contributed by atoms with Crippen LogP contribution >= 0.6 is 0 Å². The molecule has 1 atom stereocenters. The molecule has 21 heavy (non-hydrogen) atoms. The normalized spacial score (nSPS) is 23.2. The predicted molar refractivity (Wildman–Crippen MR) is 76.4 cm³/mol. The molecule has 1 saturated heterocycles. The Balaban J connectivity index is 1.48. The summed E-state index contributed by atoms with van der Waals surface area (Å²) in [5.74, 6) is 0.669. The standard InChI is InChI=1S/C15H23N3O3/c1-10(11-4-5-11)18(12-6-7-12)13(19)3-2-8-17-14(20)9-16-15(17)21/h10-12H,2-9H2,1H3,(H,16,21). The molecule has 0 aromatic carbocycles. The molecule has 116 valence electrons. The Morgan fingerprint density at radius 1 is 1.33 bits per heavy atom. The molecular weight excluding hydrogens is 270 g/mol. The number of imide groups is 1. The van der Waals surface area contributed by atoms with Crippen molar-refractivity contribution in [3.8, 4) is 0 Å². The summed E-state index contributed by atoms with van der Waals surface area (Å²) in [6, 6.07) is 0.449. The number of hydrogen-bond donors (Lipinski definition) is 1. The van der Waals surface area contributed by atoms with Gasteiger partial charge in [-0.3, -0.25) is 14.5 Å². The third-order valence-electron chi connectivity index (χ3n) is 4.68. The van der Waals surface area contributed by atoms with E-state index in [1.165, 1.54) is 17.7 Å². The molecule has 2 saturated carbocycles. The summed E-state index contributed by atoms with van der Waals surface area (Å²) in [6.07, 6.45) is 5.69. The van der Waals surface area contributed by atoms with E-state index in [9.17, 15) is 14.4 Å². The van der Waals surface area contributed by atoms with Crippen LogP contribution in [-0.2, 0) is 9.59 Å². The Morgan fingerprint density at radius 3 is 2.57 bits per heavy atom. The third-order valence-corrected chi connectivity index (χ3v) is 4.68. The van der Waals surface area contributed by atoms with Gasteiger partial charge >= 0.3 is 6.03 Å². The fraction of sp³-hybridized carbons (Fsp3) is 0.800. The van der Waals surface area contributed by atoms with Crippen molar-refractivity contribution >= 4 is 17.8 Å². The lowest BCUT2D eigenvalue weighted by Gasteiger charge is -2.30. The third kappa shape index (κ3) is 3.19. The number of carbonyl (C=O) groups is 3. The molecule has 0 aromatic heterocycles. The highest BCUT2D eigenvalue weighted by Crippen LogP contribution is 2.40. The number of urea groups is 1. The second-order valence-corrected chi connectivity index (χ2v) is 6.42. The number of nitrogens with zero attached hydrogens (tertiary/aromatic N) is 2. The zero-order valence-electron chi connectivity index (χ0n) is 12.5. The van der Waals surface area contributed by atoms with Crippen molar-refractivity contribution in [2.24, 2.45) is 5.92 Å². The van der Waals surface area contributed by atoms with Crippen molar-refractivity contribution in [2.45, 2.75) is 57.5 Å². The van der Waals surface area contributed by atoms with Crippen LogP contribution < -0.4 is 5.32 Å². The Labute approximate surface area is 124 Å². The zero-order chi connectivity index (χ0) is 15.0. The first-order chi connectivity index (χ1) is 10.1. The highest BCUT2D eigenvalue weighted by atomic mass is 16.2. The monoisotopic (exact) mass is 293 g/mol. The van der Waals surface area contributed by atoms with Gasteiger partial charge in [-0.05, 0) is 44.9 Å². The molecule has 1 heterocycles. The van der Waals surface area contributed by atoms with Gasteiger partial charge < -0.3 is 10.2 Å². The molecule has 3 aliphatic rings. The molecule has 1 aliphatic heterocycles. The number of rotatable bonds is 7. The van der Waals surface area contributed by atoms with E-state index in [1.807, 2.05) is 0 Å². The first kappa shape index (κ1) is 14.4. The van der Waals surface area contributed by atoms with Gasteiger partial charge in [0.25, 0.3) is 0 Å². The van der Waals surface area contributed by atoms with Gasteiger partial charge in [0.15, 0.2) is 0 Å². The van der Waals surface area contributed by atoms with E-state index in [-0.39, 0.29) is 24.4 Å². The summed E-state index contributed by atoms with van der Waals surface area (Å²) in [5.41, 5.74) is 0. The Morgan fingerprint density at radius 2 is 2.05 bits per heavy atom.